The van der Waals surface area contributed by atoms with E-state index in [2.05, 4.69) is 53.1 Å². The zero-order chi connectivity index (χ0) is 21.8. The smallest absolute Gasteiger partial charge is 0.123 e. The summed E-state index contributed by atoms with van der Waals surface area (Å²) in [7, 11) is 0. The van der Waals surface area contributed by atoms with Crippen LogP contribution in [0.1, 0.15) is 27.9 Å². The molecule has 1 aliphatic heterocycles. The van der Waals surface area contributed by atoms with E-state index in [1.54, 1.807) is 12.1 Å². The van der Waals surface area contributed by atoms with E-state index in [9.17, 15) is 14.6 Å². The third kappa shape index (κ3) is 2.67. The van der Waals surface area contributed by atoms with Gasteiger partial charge in [0.1, 0.15) is 5.82 Å². The van der Waals surface area contributed by atoms with Crippen LogP contribution in [-0.4, -0.2) is 14.8 Å². The van der Waals surface area contributed by atoms with Gasteiger partial charge in [0.25, 0.3) is 0 Å². The third-order valence-corrected chi connectivity index (χ3v) is 6.85. The van der Waals surface area contributed by atoms with Crippen LogP contribution in [0.4, 0.5) is 4.39 Å². The molecule has 5 aromatic rings. The highest BCUT2D eigenvalue weighted by molar-refractivity contribution is 6.11. The predicted molar refractivity (Wildman–Crippen MR) is 125 cm³/mol. The first-order valence-corrected chi connectivity index (χ1v) is 10.8. The van der Waals surface area contributed by atoms with Crippen molar-refractivity contribution >= 4 is 21.5 Å². The normalized spacial score (nSPS) is 12.8. The van der Waals surface area contributed by atoms with Crippen LogP contribution >= 0.6 is 0 Å². The first-order valence-electron chi connectivity index (χ1n) is 10.8. The van der Waals surface area contributed by atoms with Crippen molar-refractivity contribution in [3.05, 3.63) is 107 Å². The van der Waals surface area contributed by atoms with E-state index < -0.39 is 0 Å². The molecule has 32 heavy (non-hydrogen) atoms. The maximum absolute atomic E-state index is 13.6. The lowest BCUT2D eigenvalue weighted by Gasteiger charge is -2.26. The second-order valence-corrected chi connectivity index (χ2v) is 8.39. The largest absolute Gasteiger partial charge is 0.392 e. The number of rotatable bonds is 3. The summed E-state index contributed by atoms with van der Waals surface area (Å²) >= 11 is 0. The fraction of sp³-hybridized carbons (Fsp3) is 0.143. The summed E-state index contributed by atoms with van der Waals surface area (Å²) in [6, 6.07) is 23.3. The second kappa shape index (κ2) is 7.30. The van der Waals surface area contributed by atoms with Crippen molar-refractivity contribution in [1.29, 1.82) is 0 Å². The highest BCUT2D eigenvalue weighted by Gasteiger charge is 2.29. The summed E-state index contributed by atoms with van der Waals surface area (Å²) in [6.07, 6.45) is 0.671. The van der Waals surface area contributed by atoms with Gasteiger partial charge in [-0.25, -0.2) is 4.39 Å². The molecule has 0 aliphatic carbocycles. The van der Waals surface area contributed by atoms with Crippen molar-refractivity contribution in [1.82, 2.24) is 4.57 Å². The SMILES string of the molecule is OCc1c(CO)c(-c2ccc(F)cc2)n2c1Cc1c(c3ccccc3c3ccccc13)C2. The minimum atomic E-state index is -0.296. The van der Waals surface area contributed by atoms with Gasteiger partial charge in [-0.15, -0.1) is 0 Å². The fourth-order valence-electron chi connectivity index (χ4n) is 5.44. The number of halogens is 1. The monoisotopic (exact) mass is 423 g/mol. The van der Waals surface area contributed by atoms with Gasteiger partial charge in [0.05, 0.1) is 18.9 Å². The number of aliphatic hydroxyl groups is 2. The van der Waals surface area contributed by atoms with Crippen LogP contribution in [0.5, 0.6) is 0 Å². The average molecular weight is 423 g/mol. The van der Waals surface area contributed by atoms with Gasteiger partial charge in [0.2, 0.25) is 0 Å². The molecule has 0 bridgehead atoms. The van der Waals surface area contributed by atoms with Gasteiger partial charge in [-0.3, -0.25) is 0 Å². The number of nitrogens with zero attached hydrogens (tertiary/aromatic N) is 1. The van der Waals surface area contributed by atoms with Gasteiger partial charge in [0.15, 0.2) is 0 Å². The molecule has 0 amide bonds. The zero-order valence-electron chi connectivity index (χ0n) is 17.5. The highest BCUT2D eigenvalue weighted by atomic mass is 19.1. The maximum atomic E-state index is 13.6. The molecule has 158 valence electrons. The van der Waals surface area contributed by atoms with Gasteiger partial charge in [-0.2, -0.15) is 0 Å². The summed E-state index contributed by atoms with van der Waals surface area (Å²) in [6.45, 7) is 0.309. The Morgan fingerprint density at radius 1 is 0.688 bits per heavy atom. The Kier molecular flexibility index (Phi) is 4.39. The van der Waals surface area contributed by atoms with Gasteiger partial charge in [-0.05, 0) is 62.5 Å². The van der Waals surface area contributed by atoms with E-state index in [0.717, 1.165) is 28.1 Å². The van der Waals surface area contributed by atoms with Crippen molar-refractivity contribution in [2.75, 3.05) is 0 Å². The zero-order valence-corrected chi connectivity index (χ0v) is 17.5. The van der Waals surface area contributed by atoms with E-state index in [-0.39, 0.29) is 19.0 Å². The molecule has 3 nitrogen and oxygen atoms in total. The molecule has 0 radical (unpaired) electrons. The Bertz CT molecular complexity index is 1500. The quantitative estimate of drug-likeness (QED) is 0.367. The molecule has 0 spiro atoms. The average Bonchev–Trinajstić information content (AvgIpc) is 3.16. The Labute approximate surface area is 185 Å². The summed E-state index contributed by atoms with van der Waals surface area (Å²) in [5, 5.41) is 25.4. The van der Waals surface area contributed by atoms with Crippen LogP contribution in [0, 0.1) is 5.82 Å². The van der Waals surface area contributed by atoms with E-state index >= 15 is 0 Å². The molecule has 4 heteroatoms. The van der Waals surface area contributed by atoms with Gasteiger partial charge in [-0.1, -0.05) is 48.5 Å². The first kappa shape index (κ1) is 19.2. The van der Waals surface area contributed by atoms with Crippen molar-refractivity contribution < 1.29 is 14.6 Å². The molecular formula is C28H22FNO2. The fourth-order valence-corrected chi connectivity index (χ4v) is 5.44. The molecule has 2 N–H and O–H groups in total. The van der Waals surface area contributed by atoms with E-state index in [1.165, 1.54) is 44.8 Å². The molecule has 0 fully saturated rings. The van der Waals surface area contributed by atoms with Crippen LogP contribution in [0.25, 0.3) is 32.8 Å². The number of hydrogen-bond acceptors (Lipinski definition) is 2. The van der Waals surface area contributed by atoms with Gasteiger partial charge in [0, 0.05) is 29.8 Å². The molecule has 0 unspecified atom stereocenters. The molecule has 0 saturated carbocycles. The third-order valence-electron chi connectivity index (χ3n) is 6.85. The summed E-state index contributed by atoms with van der Waals surface area (Å²) in [4.78, 5) is 0. The Hall–Kier alpha value is -3.47. The summed E-state index contributed by atoms with van der Waals surface area (Å²) in [5.74, 6) is -0.296. The summed E-state index contributed by atoms with van der Waals surface area (Å²) < 4.78 is 15.8. The molecule has 0 atom stereocenters. The lowest BCUT2D eigenvalue weighted by molar-refractivity contribution is 0.260. The minimum absolute atomic E-state index is 0.146. The molecule has 6 rings (SSSR count). The lowest BCUT2D eigenvalue weighted by atomic mass is 9.87. The Morgan fingerprint density at radius 2 is 1.25 bits per heavy atom. The lowest BCUT2D eigenvalue weighted by Crippen LogP contribution is -2.16. The van der Waals surface area contributed by atoms with Crippen LogP contribution in [-0.2, 0) is 26.2 Å². The van der Waals surface area contributed by atoms with Crippen molar-refractivity contribution in [3.8, 4) is 11.3 Å². The van der Waals surface area contributed by atoms with Crippen molar-refractivity contribution in [3.63, 3.8) is 0 Å². The molecule has 0 saturated heterocycles. The molecule has 1 aromatic heterocycles. The molecule has 1 aliphatic rings. The van der Waals surface area contributed by atoms with Crippen molar-refractivity contribution in [2.45, 2.75) is 26.2 Å². The van der Waals surface area contributed by atoms with Crippen molar-refractivity contribution in [2.24, 2.45) is 0 Å². The van der Waals surface area contributed by atoms with E-state index in [0.29, 0.717) is 13.0 Å². The number of hydrogen-bond donors (Lipinski definition) is 2. The predicted octanol–water partition coefficient (Wildman–Crippen LogP) is 5.54. The first-order chi connectivity index (χ1) is 15.7. The van der Waals surface area contributed by atoms with E-state index in [4.69, 9.17) is 0 Å². The number of aliphatic hydroxyl groups excluding tert-OH is 2. The maximum Gasteiger partial charge on any atom is 0.123 e. The van der Waals surface area contributed by atoms with Gasteiger partial charge < -0.3 is 14.8 Å². The van der Waals surface area contributed by atoms with Crippen LogP contribution in [0.3, 0.4) is 0 Å². The van der Waals surface area contributed by atoms with E-state index in [1.807, 2.05) is 0 Å². The second-order valence-electron chi connectivity index (χ2n) is 8.39. The summed E-state index contributed by atoms with van der Waals surface area (Å²) in [5.41, 5.74) is 6.74. The molecule has 4 aromatic carbocycles. The highest BCUT2D eigenvalue weighted by Crippen LogP contribution is 2.42. The number of aromatic nitrogens is 1. The minimum Gasteiger partial charge on any atom is -0.392 e. The van der Waals surface area contributed by atoms with Crippen LogP contribution in [0.15, 0.2) is 72.8 Å². The van der Waals surface area contributed by atoms with Crippen LogP contribution < -0.4 is 0 Å². The standard InChI is InChI=1S/C28H22FNO2/c29-18-11-9-17(10-12-18)28-26(16-32)25(15-31)27-13-23-21-7-3-1-5-19(21)20-6-2-4-8-22(20)24(23)14-30(27)28/h1-12,31-32H,13-16H2. The number of benzene rings is 4. The molecular weight excluding hydrogens is 401 g/mol. The Balaban J connectivity index is 1.68. The Morgan fingerprint density at radius 3 is 1.84 bits per heavy atom. The topological polar surface area (TPSA) is 45.4 Å². The molecule has 2 heterocycles. The number of fused-ring (bicyclic) bond motifs is 7. The van der Waals surface area contributed by atoms with Crippen LogP contribution in [0.2, 0.25) is 0 Å². The van der Waals surface area contributed by atoms with Gasteiger partial charge >= 0.3 is 0 Å².